The third-order valence-electron chi connectivity index (χ3n) is 3.26. The number of rotatable bonds is 16. The first-order chi connectivity index (χ1) is 12.5. The van der Waals surface area contributed by atoms with Crippen LogP contribution in [-0.4, -0.2) is 129 Å². The normalized spacial score (nSPS) is 9.97. The Morgan fingerprint density at radius 1 is 0.433 bits per heavy atom. The minimum absolute atomic E-state index is 0. The van der Waals surface area contributed by atoms with E-state index in [0.29, 0.717) is 0 Å². The summed E-state index contributed by atoms with van der Waals surface area (Å²) in [5, 5.41) is 44.1. The van der Waals surface area contributed by atoms with E-state index in [2.05, 4.69) is 0 Å². The Morgan fingerprint density at radius 2 is 0.600 bits per heavy atom. The molecule has 0 aliphatic rings. The van der Waals surface area contributed by atoms with Crippen LogP contribution in [-0.2, 0) is 41.0 Å². The zero-order chi connectivity index (χ0) is 21.0. The topological polar surface area (TPSA) is 266 Å². The summed E-state index contributed by atoms with van der Waals surface area (Å²) in [6.45, 7) is -2.74. The molecule has 0 aliphatic carbocycles. The molecule has 0 atom stereocenters. The molecule has 0 radical (unpaired) electrons. The molecule has 0 heterocycles. The van der Waals surface area contributed by atoms with Crippen molar-refractivity contribution in [2.75, 3.05) is 58.9 Å². The molecule has 0 aromatic rings. The Balaban J connectivity index is -0.00000113. The van der Waals surface area contributed by atoms with Gasteiger partial charge in [-0.3, -0.25) is 38.7 Å². The molecule has 0 spiro atoms. The molecule has 0 rings (SSSR count). The molecular weight excluding hydrogens is 454 g/mol. The van der Waals surface area contributed by atoms with E-state index in [4.69, 9.17) is 25.5 Å². The summed E-state index contributed by atoms with van der Waals surface area (Å²) in [7, 11) is 0. The Hall–Kier alpha value is -2.33. The number of hydrogen-bond donors (Lipinski definition) is 7. The summed E-state index contributed by atoms with van der Waals surface area (Å²) in [5.74, 6) is -6.16. The van der Waals surface area contributed by atoms with Gasteiger partial charge in [-0.1, -0.05) is 0 Å². The summed E-state index contributed by atoms with van der Waals surface area (Å²) in [4.78, 5) is 57.6. The van der Waals surface area contributed by atoms with E-state index in [9.17, 15) is 24.0 Å². The summed E-state index contributed by atoms with van der Waals surface area (Å²) in [5.41, 5.74) is 0. The first-order valence-corrected chi connectivity index (χ1v) is 7.75. The fourth-order valence-corrected chi connectivity index (χ4v) is 2.22. The first-order valence-electron chi connectivity index (χ1n) is 7.75. The molecule has 16 heteroatoms. The summed E-state index contributed by atoms with van der Waals surface area (Å²) in [6.07, 6.45) is 0. The van der Waals surface area contributed by atoms with Gasteiger partial charge in [-0.05, 0) is 0 Å². The third kappa shape index (κ3) is 20.4. The van der Waals surface area contributed by atoms with Gasteiger partial charge in [0.1, 0.15) is 0 Å². The van der Waals surface area contributed by atoms with E-state index in [1.165, 1.54) is 4.90 Å². The van der Waals surface area contributed by atoms with Crippen LogP contribution in [0.3, 0.4) is 0 Å². The minimum Gasteiger partial charge on any atom is -0.480 e. The molecule has 0 amide bonds. The Morgan fingerprint density at radius 3 is 0.800 bits per heavy atom. The predicted molar refractivity (Wildman–Crippen MR) is 97.5 cm³/mol. The molecule has 0 fully saturated rings. The van der Waals surface area contributed by atoms with Gasteiger partial charge in [0.2, 0.25) is 0 Å². The van der Waals surface area contributed by atoms with Crippen molar-refractivity contribution in [2.24, 2.45) is 0 Å². The Bertz CT molecular complexity index is 493. The number of carboxylic acids is 5. The molecule has 178 valence electrons. The van der Waals surface area contributed by atoms with Crippen LogP contribution in [0.5, 0.6) is 0 Å². The van der Waals surface area contributed by atoms with E-state index in [0.717, 1.165) is 9.80 Å². The van der Waals surface area contributed by atoms with E-state index >= 15 is 0 Å². The molecule has 0 aromatic heterocycles. The number of nitrogens with zero attached hydrogens (tertiary/aromatic N) is 3. The molecule has 0 aliphatic heterocycles. The van der Waals surface area contributed by atoms with Crippen LogP contribution in [0.25, 0.3) is 0 Å². The maximum atomic E-state index is 11.0. The number of aliphatic carboxylic acids is 5. The predicted octanol–water partition coefficient (Wildman–Crippen LogP) is -2.36. The van der Waals surface area contributed by atoms with Gasteiger partial charge in [0.25, 0.3) is 0 Å². The van der Waals surface area contributed by atoms with Crippen molar-refractivity contribution in [1.29, 1.82) is 0 Å². The zero-order valence-corrected chi connectivity index (χ0v) is 17.4. The van der Waals surface area contributed by atoms with E-state index in [1.807, 2.05) is 0 Å². The number of carboxylic acid groups (broad SMARTS) is 5. The second-order valence-corrected chi connectivity index (χ2v) is 5.67. The van der Waals surface area contributed by atoms with Crippen LogP contribution in [0.4, 0.5) is 0 Å². The van der Waals surface area contributed by atoms with Gasteiger partial charge in [0.05, 0.1) is 32.7 Å². The van der Waals surface area contributed by atoms with Crippen molar-refractivity contribution in [3.05, 3.63) is 0 Å². The fraction of sp³-hybridized carbons (Fsp3) is 0.643. The van der Waals surface area contributed by atoms with Crippen LogP contribution < -0.4 is 12.3 Å². The number of hydrogen-bond acceptors (Lipinski definition) is 10. The average Bonchev–Trinajstić information content (AvgIpc) is 2.46. The van der Waals surface area contributed by atoms with Gasteiger partial charge in [-0.15, -0.1) is 0 Å². The van der Waals surface area contributed by atoms with Crippen molar-refractivity contribution in [2.45, 2.75) is 0 Å². The van der Waals surface area contributed by atoms with E-state index in [-0.39, 0.29) is 55.5 Å². The molecule has 0 unspecified atom stereocenters. The maximum Gasteiger partial charge on any atom is 0.317 e. The van der Waals surface area contributed by atoms with Gasteiger partial charge in [-0.25, -0.2) is 0 Å². The van der Waals surface area contributed by atoms with E-state index < -0.39 is 62.6 Å². The summed E-state index contributed by atoms with van der Waals surface area (Å²) >= 11 is 0. The van der Waals surface area contributed by atoms with E-state index in [1.54, 1.807) is 0 Å². The van der Waals surface area contributed by atoms with Crippen molar-refractivity contribution in [1.82, 2.24) is 27.0 Å². The molecule has 0 saturated carbocycles. The molecule has 30 heavy (non-hydrogen) atoms. The summed E-state index contributed by atoms with van der Waals surface area (Å²) < 4.78 is 0. The summed E-state index contributed by atoms with van der Waals surface area (Å²) in [6, 6.07) is 0. The molecule has 0 saturated heterocycles. The molecule has 11 N–H and O–H groups in total. The first kappa shape index (κ1) is 35.1. The van der Waals surface area contributed by atoms with Crippen LogP contribution in [0.15, 0.2) is 0 Å². The second kappa shape index (κ2) is 18.7. The van der Waals surface area contributed by atoms with Crippen molar-refractivity contribution in [3.8, 4) is 0 Å². The SMILES string of the molecule is N.N.O=C(O)CN(CCN(CC(=O)O)CC(=O)O)CCN(CC(=O)O)CC(=O)O.[Fe]. The van der Waals surface area contributed by atoms with Crippen LogP contribution >= 0.6 is 0 Å². The van der Waals surface area contributed by atoms with Crippen molar-refractivity contribution in [3.63, 3.8) is 0 Å². The maximum absolute atomic E-state index is 11.0. The molecule has 0 bridgehead atoms. The zero-order valence-electron chi connectivity index (χ0n) is 16.3. The van der Waals surface area contributed by atoms with Crippen LogP contribution in [0.2, 0.25) is 0 Å². The monoisotopic (exact) mass is 483 g/mol. The van der Waals surface area contributed by atoms with Crippen molar-refractivity contribution < 1.29 is 66.6 Å². The van der Waals surface area contributed by atoms with Gasteiger partial charge in [0.15, 0.2) is 0 Å². The number of carbonyl (C=O) groups is 5. The van der Waals surface area contributed by atoms with Crippen LogP contribution in [0.1, 0.15) is 0 Å². The largest absolute Gasteiger partial charge is 0.480 e. The standard InChI is InChI=1S/C14H23N3O10.Fe.2H3N/c18-10(19)5-15(1-3-16(6-11(20)21)7-12(22)23)2-4-17(8-13(24)25)9-14(26)27;;;/h1-9H2,(H,18,19)(H,20,21)(H,22,23)(H,24,25)(H,26,27);;2*1H3. The molecule has 0 aromatic carbocycles. The van der Waals surface area contributed by atoms with Crippen LogP contribution in [0, 0.1) is 0 Å². The van der Waals surface area contributed by atoms with Gasteiger partial charge >= 0.3 is 29.8 Å². The molecular formula is C14H29FeN5O10. The smallest absolute Gasteiger partial charge is 0.317 e. The molecule has 15 nitrogen and oxygen atoms in total. The fourth-order valence-electron chi connectivity index (χ4n) is 2.22. The Kier molecular flexibility index (Phi) is 21.9. The van der Waals surface area contributed by atoms with Crippen molar-refractivity contribution >= 4 is 29.8 Å². The second-order valence-electron chi connectivity index (χ2n) is 5.67. The van der Waals surface area contributed by atoms with Gasteiger partial charge in [0, 0.05) is 43.2 Å². The quantitative estimate of drug-likeness (QED) is 0.113. The van der Waals surface area contributed by atoms with Gasteiger partial charge in [-0.2, -0.15) is 0 Å². The minimum atomic E-state index is -1.24. The third-order valence-corrected chi connectivity index (χ3v) is 3.26. The average molecular weight is 483 g/mol. The van der Waals surface area contributed by atoms with Gasteiger partial charge < -0.3 is 37.8 Å². The Labute approximate surface area is 182 Å².